The summed E-state index contributed by atoms with van der Waals surface area (Å²) in [6.45, 7) is 2.81. The van der Waals surface area contributed by atoms with Crippen LogP contribution in [0.25, 0.3) is 17.2 Å². The van der Waals surface area contributed by atoms with Crippen molar-refractivity contribution in [1.29, 1.82) is 0 Å². The Balaban J connectivity index is 1.55. The van der Waals surface area contributed by atoms with Crippen molar-refractivity contribution in [1.82, 2.24) is 24.6 Å². The average molecular weight is 364 g/mol. The Hall–Kier alpha value is -3.13. The average Bonchev–Trinajstić information content (AvgIpc) is 3.27. The molecule has 1 aromatic carbocycles. The third kappa shape index (κ3) is 2.69. The van der Waals surface area contributed by atoms with Crippen molar-refractivity contribution in [2.75, 3.05) is 25.1 Å². The van der Waals surface area contributed by atoms with Crippen molar-refractivity contribution < 1.29 is 9.53 Å². The highest BCUT2D eigenvalue weighted by molar-refractivity contribution is 5.97. The molecule has 0 atom stereocenters. The number of likely N-dealkylation sites (N-methyl/N-ethyl adjacent to an activating group) is 1. The number of imidazole rings is 1. The molecule has 138 valence electrons. The largest absolute Gasteiger partial charge is 0.482 e. The number of carbonyl (C=O) groups is 1. The molecule has 0 spiro atoms. The summed E-state index contributed by atoms with van der Waals surface area (Å²) in [6.07, 6.45) is 4.74. The van der Waals surface area contributed by atoms with Gasteiger partial charge in [-0.2, -0.15) is 5.10 Å². The molecule has 0 unspecified atom stereocenters. The summed E-state index contributed by atoms with van der Waals surface area (Å²) in [7, 11) is 1.77. The smallest absolute Gasteiger partial charge is 0.264 e. The first-order chi connectivity index (χ1) is 13.2. The Morgan fingerprint density at radius 2 is 2.19 bits per heavy atom. The van der Waals surface area contributed by atoms with E-state index in [0.29, 0.717) is 5.75 Å². The number of rotatable bonds is 2. The number of aromatic nitrogens is 4. The first-order valence-electron chi connectivity index (χ1n) is 9.05. The first-order valence-corrected chi connectivity index (χ1v) is 9.05. The Kier molecular flexibility index (Phi) is 3.71. The number of nitrogens with one attached hydrogen (secondary N) is 1. The van der Waals surface area contributed by atoms with Gasteiger partial charge in [0, 0.05) is 38.2 Å². The van der Waals surface area contributed by atoms with Crippen molar-refractivity contribution >= 4 is 11.6 Å². The van der Waals surface area contributed by atoms with Crippen LogP contribution in [0.2, 0.25) is 0 Å². The zero-order valence-corrected chi connectivity index (χ0v) is 15.1. The maximum atomic E-state index is 11.9. The van der Waals surface area contributed by atoms with Gasteiger partial charge in [-0.15, -0.1) is 0 Å². The summed E-state index contributed by atoms with van der Waals surface area (Å²) in [5.74, 6) is 1.43. The fourth-order valence-electron chi connectivity index (χ4n) is 3.58. The highest BCUT2D eigenvalue weighted by Gasteiger charge is 2.23. The Morgan fingerprint density at radius 3 is 3.11 bits per heavy atom. The number of benzene rings is 1. The maximum Gasteiger partial charge on any atom is 0.264 e. The van der Waals surface area contributed by atoms with Crippen LogP contribution >= 0.6 is 0 Å². The summed E-state index contributed by atoms with van der Waals surface area (Å²) in [5.41, 5.74) is 3.68. The first kappa shape index (κ1) is 16.1. The lowest BCUT2D eigenvalue weighted by atomic mass is 10.2. The van der Waals surface area contributed by atoms with Crippen LogP contribution in [0.15, 0.2) is 36.7 Å². The Labute approximate surface area is 156 Å². The van der Waals surface area contributed by atoms with Crippen molar-refractivity contribution in [2.45, 2.75) is 19.5 Å². The lowest BCUT2D eigenvalue weighted by molar-refractivity contribution is -0.120. The van der Waals surface area contributed by atoms with Gasteiger partial charge in [-0.1, -0.05) is 0 Å². The highest BCUT2D eigenvalue weighted by Crippen LogP contribution is 2.34. The van der Waals surface area contributed by atoms with E-state index in [1.165, 1.54) is 5.69 Å². The zero-order valence-electron chi connectivity index (χ0n) is 15.1. The third-order valence-electron chi connectivity index (χ3n) is 5.07. The molecule has 2 aliphatic rings. The van der Waals surface area contributed by atoms with E-state index >= 15 is 0 Å². The second-order valence-electron chi connectivity index (χ2n) is 6.79. The molecule has 0 bridgehead atoms. The third-order valence-corrected chi connectivity index (χ3v) is 5.07. The molecule has 5 rings (SSSR count). The molecule has 27 heavy (non-hydrogen) atoms. The van der Waals surface area contributed by atoms with E-state index in [2.05, 4.69) is 21.0 Å². The van der Waals surface area contributed by atoms with Gasteiger partial charge in [-0.3, -0.25) is 14.0 Å². The van der Waals surface area contributed by atoms with Gasteiger partial charge in [-0.25, -0.2) is 4.98 Å². The lowest BCUT2D eigenvalue weighted by Gasteiger charge is -2.26. The van der Waals surface area contributed by atoms with Crippen LogP contribution in [0.4, 0.5) is 5.69 Å². The number of anilines is 1. The van der Waals surface area contributed by atoms with Crippen molar-refractivity contribution in [3.63, 3.8) is 0 Å². The van der Waals surface area contributed by atoms with Crippen LogP contribution in [0.3, 0.4) is 0 Å². The molecule has 2 aromatic heterocycles. The van der Waals surface area contributed by atoms with Gasteiger partial charge in [0.25, 0.3) is 5.91 Å². The zero-order chi connectivity index (χ0) is 18.4. The second-order valence-corrected chi connectivity index (χ2v) is 6.79. The van der Waals surface area contributed by atoms with Crippen LogP contribution in [0, 0.1) is 0 Å². The molecule has 0 saturated carbocycles. The summed E-state index contributed by atoms with van der Waals surface area (Å²) in [4.78, 5) is 18.1. The van der Waals surface area contributed by atoms with Crippen LogP contribution in [-0.2, 0) is 17.9 Å². The number of nitrogens with zero attached hydrogens (tertiary/aromatic N) is 5. The van der Waals surface area contributed by atoms with E-state index in [1.807, 2.05) is 29.0 Å². The van der Waals surface area contributed by atoms with Gasteiger partial charge in [0.2, 0.25) is 0 Å². The van der Waals surface area contributed by atoms with Gasteiger partial charge >= 0.3 is 0 Å². The Bertz CT molecular complexity index is 998. The van der Waals surface area contributed by atoms with E-state index in [4.69, 9.17) is 9.84 Å². The highest BCUT2D eigenvalue weighted by atomic mass is 16.5. The van der Waals surface area contributed by atoms with Crippen LogP contribution in [0.5, 0.6) is 5.75 Å². The molecule has 0 radical (unpaired) electrons. The van der Waals surface area contributed by atoms with Gasteiger partial charge in [0.05, 0.1) is 11.4 Å². The van der Waals surface area contributed by atoms with Crippen molar-refractivity contribution in [3.8, 4) is 23.0 Å². The SMILES string of the molecule is CN1C(=O)COc2ccc(-n3ccnc3-c3cc4n(n3)CCCNC4)cc21. The van der Waals surface area contributed by atoms with Crippen molar-refractivity contribution in [3.05, 3.63) is 42.4 Å². The van der Waals surface area contributed by atoms with E-state index in [1.54, 1.807) is 18.1 Å². The summed E-state index contributed by atoms with van der Waals surface area (Å²) < 4.78 is 9.57. The minimum absolute atomic E-state index is 0.0594. The summed E-state index contributed by atoms with van der Waals surface area (Å²) in [5, 5.41) is 8.17. The summed E-state index contributed by atoms with van der Waals surface area (Å²) >= 11 is 0. The Morgan fingerprint density at radius 1 is 1.26 bits per heavy atom. The number of hydrogen-bond acceptors (Lipinski definition) is 5. The van der Waals surface area contributed by atoms with Crippen LogP contribution in [-0.4, -0.2) is 45.4 Å². The molecule has 8 nitrogen and oxygen atoms in total. The van der Waals surface area contributed by atoms with Gasteiger partial charge in [0.15, 0.2) is 12.4 Å². The summed E-state index contributed by atoms with van der Waals surface area (Å²) in [6, 6.07) is 7.90. The van der Waals surface area contributed by atoms with Crippen LogP contribution < -0.4 is 15.0 Å². The number of aryl methyl sites for hydroxylation is 1. The molecule has 8 heteroatoms. The molecular weight excluding hydrogens is 344 g/mol. The molecule has 3 aromatic rings. The predicted octanol–water partition coefficient (Wildman–Crippen LogP) is 1.58. The normalized spacial score (nSPS) is 16.5. The van der Waals surface area contributed by atoms with Gasteiger partial charge in [0.1, 0.15) is 11.4 Å². The molecule has 1 amide bonds. The van der Waals surface area contributed by atoms with Gasteiger partial charge in [-0.05, 0) is 37.2 Å². The number of carbonyl (C=O) groups excluding carboxylic acids is 1. The fraction of sp³-hybridized carbons (Fsp3) is 0.316. The van der Waals surface area contributed by atoms with E-state index in [0.717, 1.165) is 48.9 Å². The molecule has 1 N–H and O–H groups in total. The molecule has 0 saturated heterocycles. The fourth-order valence-corrected chi connectivity index (χ4v) is 3.58. The van der Waals surface area contributed by atoms with E-state index in [-0.39, 0.29) is 12.5 Å². The number of ether oxygens (including phenoxy) is 1. The minimum Gasteiger partial charge on any atom is -0.482 e. The van der Waals surface area contributed by atoms with E-state index in [9.17, 15) is 4.79 Å². The molecule has 0 fully saturated rings. The topological polar surface area (TPSA) is 77.2 Å². The monoisotopic (exact) mass is 364 g/mol. The maximum absolute atomic E-state index is 11.9. The molecule has 4 heterocycles. The van der Waals surface area contributed by atoms with Gasteiger partial charge < -0.3 is 15.0 Å². The molecule has 0 aliphatic carbocycles. The minimum atomic E-state index is -0.0594. The lowest BCUT2D eigenvalue weighted by Crippen LogP contribution is -2.35. The number of fused-ring (bicyclic) bond motifs is 2. The molecule has 2 aliphatic heterocycles. The van der Waals surface area contributed by atoms with Crippen molar-refractivity contribution in [2.24, 2.45) is 0 Å². The van der Waals surface area contributed by atoms with Crippen LogP contribution in [0.1, 0.15) is 12.1 Å². The quantitative estimate of drug-likeness (QED) is 0.747. The predicted molar refractivity (Wildman–Crippen MR) is 100 cm³/mol. The standard InChI is InChI=1S/C19H20N6O2/c1-23-16-10-13(3-4-17(16)27-12-18(23)26)24-8-6-21-19(24)15-9-14-11-20-5-2-7-25(14)22-15/h3-4,6,8-10,20H,2,5,7,11-12H2,1H3. The molecular formula is C19H20N6O2. The number of hydrogen-bond donors (Lipinski definition) is 1. The number of amides is 1. The van der Waals surface area contributed by atoms with E-state index < -0.39 is 0 Å². The second kappa shape index (κ2) is 6.24.